The predicted molar refractivity (Wildman–Crippen MR) is 68.4 cm³/mol. The minimum atomic E-state index is 0.444. The van der Waals surface area contributed by atoms with E-state index >= 15 is 0 Å². The Morgan fingerprint density at radius 3 is 2.44 bits per heavy atom. The van der Waals surface area contributed by atoms with E-state index in [0.29, 0.717) is 6.17 Å². The van der Waals surface area contributed by atoms with Gasteiger partial charge in [0.25, 0.3) is 0 Å². The van der Waals surface area contributed by atoms with Gasteiger partial charge in [0.1, 0.15) is 0 Å². The van der Waals surface area contributed by atoms with E-state index < -0.39 is 0 Å². The second-order valence-electron chi connectivity index (χ2n) is 4.21. The van der Waals surface area contributed by atoms with E-state index in [9.17, 15) is 0 Å². The Bertz CT molecular complexity index is 392. The Balaban J connectivity index is 2.04. The quantitative estimate of drug-likeness (QED) is 0.763. The van der Waals surface area contributed by atoms with Crippen LogP contribution in [-0.4, -0.2) is 23.0 Å². The molecule has 1 heterocycles. The Hall–Kier alpha value is -1.70. The minimum Gasteiger partial charge on any atom is -0.359 e. The van der Waals surface area contributed by atoms with E-state index in [1.165, 1.54) is 11.1 Å². The number of benzene rings is 1. The van der Waals surface area contributed by atoms with E-state index in [0.717, 1.165) is 6.54 Å². The molecule has 0 saturated heterocycles. The van der Waals surface area contributed by atoms with Crippen molar-refractivity contribution in [1.29, 1.82) is 0 Å². The molecule has 1 unspecified atom stereocenters. The highest BCUT2D eigenvalue weighted by atomic mass is 15.4. The largest absolute Gasteiger partial charge is 0.359 e. The lowest BCUT2D eigenvalue weighted by atomic mass is 10.1. The Kier molecular flexibility index (Phi) is 3.00. The van der Waals surface area contributed by atoms with Crippen LogP contribution in [0.15, 0.2) is 43.2 Å². The fraction of sp³-hybridized carbons (Fsp3) is 0.286. The highest BCUT2D eigenvalue weighted by Gasteiger charge is 2.17. The normalized spacial score (nSPS) is 19.2. The van der Waals surface area contributed by atoms with Crippen molar-refractivity contribution in [3.63, 3.8) is 0 Å². The Morgan fingerprint density at radius 2 is 1.94 bits per heavy atom. The summed E-state index contributed by atoms with van der Waals surface area (Å²) in [5.41, 5.74) is 2.50. The van der Waals surface area contributed by atoms with Crippen LogP contribution in [0.5, 0.6) is 0 Å². The molecule has 0 aromatic heterocycles. The van der Waals surface area contributed by atoms with Gasteiger partial charge >= 0.3 is 0 Å². The van der Waals surface area contributed by atoms with Crippen LogP contribution in [0.1, 0.15) is 18.1 Å². The first-order chi connectivity index (χ1) is 7.70. The van der Waals surface area contributed by atoms with Gasteiger partial charge in [-0.3, -0.25) is 0 Å². The first-order valence-corrected chi connectivity index (χ1v) is 5.58. The molecular weight excluding hydrogens is 196 g/mol. The average molecular weight is 214 g/mol. The van der Waals surface area contributed by atoms with Crippen LogP contribution in [0.25, 0.3) is 6.08 Å². The average Bonchev–Trinajstić information content (AvgIpc) is 2.62. The molecule has 84 valence electrons. The summed E-state index contributed by atoms with van der Waals surface area (Å²) in [6, 6.07) is 8.54. The number of hydrogen-bond acceptors (Lipinski definition) is 2. The molecule has 1 aromatic rings. The number of hydrogen-bond donors (Lipinski definition) is 0. The molecule has 0 radical (unpaired) electrons. The molecule has 0 spiro atoms. The first kappa shape index (κ1) is 10.8. The molecule has 0 aliphatic carbocycles. The molecule has 2 nitrogen and oxygen atoms in total. The van der Waals surface area contributed by atoms with Crippen molar-refractivity contribution in [1.82, 2.24) is 9.80 Å². The van der Waals surface area contributed by atoms with Crippen LogP contribution in [0.4, 0.5) is 0 Å². The van der Waals surface area contributed by atoms with Crippen LogP contribution >= 0.6 is 0 Å². The second-order valence-corrected chi connectivity index (χ2v) is 4.21. The summed E-state index contributed by atoms with van der Waals surface area (Å²) in [5, 5.41) is 0. The van der Waals surface area contributed by atoms with Gasteiger partial charge in [0.2, 0.25) is 0 Å². The lowest BCUT2D eigenvalue weighted by molar-refractivity contribution is 0.189. The maximum atomic E-state index is 3.76. The molecule has 0 fully saturated rings. The molecule has 1 atom stereocenters. The second kappa shape index (κ2) is 4.44. The lowest BCUT2D eigenvalue weighted by Gasteiger charge is -2.27. The van der Waals surface area contributed by atoms with Crippen LogP contribution in [0.3, 0.4) is 0 Å². The summed E-state index contributed by atoms with van der Waals surface area (Å²) < 4.78 is 0. The third-order valence-electron chi connectivity index (χ3n) is 3.14. The van der Waals surface area contributed by atoms with Gasteiger partial charge in [0, 0.05) is 26.0 Å². The Labute approximate surface area is 97.5 Å². The summed E-state index contributed by atoms with van der Waals surface area (Å²) >= 11 is 0. The summed E-state index contributed by atoms with van der Waals surface area (Å²) in [5.74, 6) is 0. The van der Waals surface area contributed by atoms with Gasteiger partial charge < -0.3 is 9.80 Å². The van der Waals surface area contributed by atoms with Gasteiger partial charge in [0.05, 0.1) is 6.17 Å². The molecule has 16 heavy (non-hydrogen) atoms. The van der Waals surface area contributed by atoms with Crippen molar-refractivity contribution in [3.8, 4) is 0 Å². The van der Waals surface area contributed by atoms with Crippen molar-refractivity contribution in [2.45, 2.75) is 19.6 Å². The van der Waals surface area contributed by atoms with Crippen molar-refractivity contribution in [2.75, 3.05) is 7.05 Å². The van der Waals surface area contributed by atoms with E-state index in [1.54, 1.807) is 0 Å². The van der Waals surface area contributed by atoms with Crippen LogP contribution < -0.4 is 0 Å². The van der Waals surface area contributed by atoms with E-state index in [2.05, 4.69) is 67.0 Å². The third-order valence-corrected chi connectivity index (χ3v) is 3.14. The lowest BCUT2D eigenvalue weighted by Crippen LogP contribution is -2.32. The topological polar surface area (TPSA) is 6.48 Å². The highest BCUT2D eigenvalue weighted by Crippen LogP contribution is 2.17. The van der Waals surface area contributed by atoms with Crippen LogP contribution in [0.2, 0.25) is 0 Å². The third kappa shape index (κ3) is 2.11. The molecule has 1 aliphatic heterocycles. The fourth-order valence-corrected chi connectivity index (χ4v) is 1.83. The first-order valence-electron chi connectivity index (χ1n) is 5.58. The van der Waals surface area contributed by atoms with Gasteiger partial charge in [-0.25, -0.2) is 0 Å². The van der Waals surface area contributed by atoms with Gasteiger partial charge in [-0.1, -0.05) is 36.9 Å². The fourth-order valence-electron chi connectivity index (χ4n) is 1.83. The van der Waals surface area contributed by atoms with Gasteiger partial charge in [-0.2, -0.15) is 0 Å². The zero-order chi connectivity index (χ0) is 11.5. The predicted octanol–water partition coefficient (Wildman–Crippen LogP) is 2.89. The molecule has 0 saturated carbocycles. The Morgan fingerprint density at radius 1 is 1.25 bits per heavy atom. The van der Waals surface area contributed by atoms with Crippen LogP contribution in [-0.2, 0) is 6.54 Å². The molecule has 1 aromatic carbocycles. The molecule has 0 amide bonds. The molecule has 0 N–H and O–H groups in total. The summed E-state index contributed by atoms with van der Waals surface area (Å²) in [6.07, 6.45) is 6.57. The SMILES string of the molecule is C=Cc1ccc(CN2C=CN(C)C2C)cc1. The van der Waals surface area contributed by atoms with Gasteiger partial charge in [0.15, 0.2) is 0 Å². The highest BCUT2D eigenvalue weighted by molar-refractivity contribution is 5.47. The van der Waals surface area contributed by atoms with Crippen molar-refractivity contribution in [3.05, 3.63) is 54.4 Å². The molecule has 2 rings (SSSR count). The van der Waals surface area contributed by atoms with E-state index in [1.807, 2.05) is 6.08 Å². The zero-order valence-corrected chi connectivity index (χ0v) is 9.93. The van der Waals surface area contributed by atoms with Gasteiger partial charge in [-0.05, 0) is 18.1 Å². The minimum absolute atomic E-state index is 0.444. The number of rotatable bonds is 3. The monoisotopic (exact) mass is 214 g/mol. The maximum Gasteiger partial charge on any atom is 0.0978 e. The van der Waals surface area contributed by atoms with Crippen molar-refractivity contribution in [2.24, 2.45) is 0 Å². The van der Waals surface area contributed by atoms with E-state index in [4.69, 9.17) is 0 Å². The van der Waals surface area contributed by atoms with Crippen molar-refractivity contribution < 1.29 is 0 Å². The molecule has 2 heteroatoms. The van der Waals surface area contributed by atoms with E-state index in [-0.39, 0.29) is 0 Å². The smallest absolute Gasteiger partial charge is 0.0978 e. The molecule has 1 aliphatic rings. The standard InChI is InChI=1S/C14H18N2/c1-4-13-5-7-14(8-6-13)11-16-10-9-15(3)12(16)2/h4-10,12H,1,11H2,2-3H3. The van der Waals surface area contributed by atoms with Gasteiger partial charge in [-0.15, -0.1) is 0 Å². The van der Waals surface area contributed by atoms with Crippen LogP contribution in [0, 0.1) is 0 Å². The van der Waals surface area contributed by atoms with Crippen molar-refractivity contribution >= 4 is 6.08 Å². The maximum absolute atomic E-state index is 3.76. The zero-order valence-electron chi connectivity index (χ0n) is 9.93. The molecule has 0 bridgehead atoms. The number of nitrogens with zero attached hydrogens (tertiary/aromatic N) is 2. The summed E-state index contributed by atoms with van der Waals surface area (Å²) in [6.45, 7) is 6.92. The molecular formula is C14H18N2. The summed E-state index contributed by atoms with van der Waals surface area (Å²) in [7, 11) is 2.10. The summed E-state index contributed by atoms with van der Waals surface area (Å²) in [4.78, 5) is 4.53.